The van der Waals surface area contributed by atoms with Gasteiger partial charge in [-0.2, -0.15) is 4.31 Å². The molecule has 0 radical (unpaired) electrons. The second-order valence-electron chi connectivity index (χ2n) is 5.05. The van der Waals surface area contributed by atoms with Gasteiger partial charge in [-0.3, -0.25) is 0 Å². The molecule has 0 aliphatic carbocycles. The van der Waals surface area contributed by atoms with E-state index in [4.69, 9.17) is 0 Å². The van der Waals surface area contributed by atoms with E-state index in [9.17, 15) is 12.8 Å². The zero-order valence-corrected chi connectivity index (χ0v) is 12.0. The van der Waals surface area contributed by atoms with Crippen LogP contribution in [0, 0.1) is 5.82 Å². The van der Waals surface area contributed by atoms with Gasteiger partial charge in [0.25, 0.3) is 0 Å². The van der Waals surface area contributed by atoms with Crippen molar-refractivity contribution in [3.05, 3.63) is 30.1 Å². The van der Waals surface area contributed by atoms with E-state index < -0.39 is 15.8 Å². The Morgan fingerprint density at radius 2 is 1.68 bits per heavy atom. The molecule has 2 rings (SSSR count). The van der Waals surface area contributed by atoms with Crippen molar-refractivity contribution >= 4 is 10.0 Å². The predicted octanol–water partition coefficient (Wildman–Crippen LogP) is 1.54. The molecule has 1 aromatic carbocycles. The molecule has 1 heterocycles. The minimum absolute atomic E-state index is 0.164. The van der Waals surface area contributed by atoms with Gasteiger partial charge >= 0.3 is 0 Å². The maximum Gasteiger partial charge on any atom is 0.243 e. The molecule has 0 atom stereocenters. The summed E-state index contributed by atoms with van der Waals surface area (Å²) in [5.74, 6) is -0.426. The maximum atomic E-state index is 12.8. The molecule has 6 heteroatoms. The summed E-state index contributed by atoms with van der Waals surface area (Å²) in [5, 5.41) is 0. The van der Waals surface area contributed by atoms with E-state index in [1.807, 2.05) is 14.1 Å². The highest BCUT2D eigenvalue weighted by Crippen LogP contribution is 2.22. The van der Waals surface area contributed by atoms with E-state index in [0.29, 0.717) is 19.1 Å². The number of sulfonamides is 1. The Balaban J connectivity index is 2.12. The summed E-state index contributed by atoms with van der Waals surface area (Å²) in [5.41, 5.74) is 0. The van der Waals surface area contributed by atoms with E-state index in [2.05, 4.69) is 4.90 Å². The fourth-order valence-electron chi connectivity index (χ4n) is 2.35. The molecule has 0 aromatic heterocycles. The van der Waals surface area contributed by atoms with Gasteiger partial charge in [0, 0.05) is 19.1 Å². The van der Waals surface area contributed by atoms with Gasteiger partial charge in [-0.15, -0.1) is 0 Å². The molecule has 1 aliphatic rings. The molecule has 19 heavy (non-hydrogen) atoms. The molecule has 1 aliphatic heterocycles. The lowest BCUT2D eigenvalue weighted by molar-refractivity contribution is 0.196. The summed E-state index contributed by atoms with van der Waals surface area (Å²) in [6.45, 7) is 1.03. The number of hydrogen-bond acceptors (Lipinski definition) is 3. The predicted molar refractivity (Wildman–Crippen MR) is 71.9 cm³/mol. The topological polar surface area (TPSA) is 40.6 Å². The molecule has 0 N–H and O–H groups in total. The van der Waals surface area contributed by atoms with E-state index in [-0.39, 0.29) is 4.90 Å². The average Bonchev–Trinajstić information content (AvgIpc) is 2.39. The third-order valence-corrected chi connectivity index (χ3v) is 5.52. The summed E-state index contributed by atoms with van der Waals surface area (Å²) in [7, 11) is 0.538. The van der Waals surface area contributed by atoms with Gasteiger partial charge in [0.1, 0.15) is 5.82 Å². The highest BCUT2D eigenvalue weighted by atomic mass is 32.2. The molecule has 1 fully saturated rings. The van der Waals surface area contributed by atoms with Crippen molar-refractivity contribution in [2.75, 3.05) is 27.2 Å². The zero-order chi connectivity index (χ0) is 14.0. The molecule has 0 spiro atoms. The Kier molecular flexibility index (Phi) is 4.23. The number of rotatable bonds is 3. The molecule has 0 bridgehead atoms. The highest BCUT2D eigenvalue weighted by Gasteiger charge is 2.29. The summed E-state index contributed by atoms with van der Waals surface area (Å²) in [6, 6.07) is 5.43. The monoisotopic (exact) mass is 286 g/mol. The van der Waals surface area contributed by atoms with Gasteiger partial charge in [0.2, 0.25) is 10.0 Å². The van der Waals surface area contributed by atoms with Crippen molar-refractivity contribution in [2.24, 2.45) is 0 Å². The van der Waals surface area contributed by atoms with Crippen molar-refractivity contribution in [1.82, 2.24) is 9.21 Å². The molecule has 0 unspecified atom stereocenters. The van der Waals surface area contributed by atoms with E-state index in [1.165, 1.54) is 28.6 Å². The first-order valence-corrected chi connectivity index (χ1v) is 7.77. The van der Waals surface area contributed by atoms with E-state index >= 15 is 0 Å². The second kappa shape index (κ2) is 5.56. The van der Waals surface area contributed by atoms with Crippen LogP contribution >= 0.6 is 0 Å². The fraction of sp³-hybridized carbons (Fsp3) is 0.538. The highest BCUT2D eigenvalue weighted by molar-refractivity contribution is 7.89. The lowest BCUT2D eigenvalue weighted by Gasteiger charge is -2.34. The SMILES string of the molecule is CN(C)C1CCN(S(=O)(=O)c2ccc(F)cc2)CC1. The quantitative estimate of drug-likeness (QED) is 0.846. The van der Waals surface area contributed by atoms with Crippen LogP contribution in [0.25, 0.3) is 0 Å². The summed E-state index contributed by atoms with van der Waals surface area (Å²) in [6.07, 6.45) is 1.65. The summed E-state index contributed by atoms with van der Waals surface area (Å²) < 4.78 is 39.1. The molecular formula is C13H19FN2O2S. The molecule has 106 valence electrons. The van der Waals surface area contributed by atoms with Gasteiger partial charge in [-0.25, -0.2) is 12.8 Å². The minimum Gasteiger partial charge on any atom is -0.306 e. The Hall–Kier alpha value is -0.980. The van der Waals surface area contributed by atoms with Crippen LogP contribution in [0.2, 0.25) is 0 Å². The van der Waals surface area contributed by atoms with Gasteiger partial charge in [0.15, 0.2) is 0 Å². The third-order valence-electron chi connectivity index (χ3n) is 3.61. The Bertz CT molecular complexity index is 520. The van der Waals surface area contributed by atoms with Gasteiger partial charge in [0.05, 0.1) is 4.90 Å². The third kappa shape index (κ3) is 3.13. The number of hydrogen-bond donors (Lipinski definition) is 0. The molecular weight excluding hydrogens is 267 g/mol. The lowest BCUT2D eigenvalue weighted by Crippen LogP contribution is -2.44. The standard InChI is InChI=1S/C13H19FN2O2S/c1-15(2)12-7-9-16(10-8-12)19(17,18)13-5-3-11(14)4-6-13/h3-6,12H,7-10H2,1-2H3. The van der Waals surface area contributed by atoms with Crippen molar-refractivity contribution < 1.29 is 12.8 Å². The Morgan fingerprint density at radius 1 is 1.16 bits per heavy atom. The summed E-state index contributed by atoms with van der Waals surface area (Å²) >= 11 is 0. The lowest BCUT2D eigenvalue weighted by atomic mass is 10.1. The van der Waals surface area contributed by atoms with Crippen LogP contribution in [-0.4, -0.2) is 50.8 Å². The molecule has 1 aromatic rings. The van der Waals surface area contributed by atoms with Crippen LogP contribution in [0.1, 0.15) is 12.8 Å². The second-order valence-corrected chi connectivity index (χ2v) is 6.99. The normalized spacial score (nSPS) is 18.9. The van der Waals surface area contributed by atoms with Crippen molar-refractivity contribution in [1.29, 1.82) is 0 Å². The number of benzene rings is 1. The zero-order valence-electron chi connectivity index (χ0n) is 11.2. The Morgan fingerprint density at radius 3 is 2.16 bits per heavy atom. The minimum atomic E-state index is -3.48. The first kappa shape index (κ1) is 14.4. The molecule has 0 saturated carbocycles. The molecule has 4 nitrogen and oxygen atoms in total. The van der Waals surface area contributed by atoms with Crippen LogP contribution in [0.3, 0.4) is 0 Å². The van der Waals surface area contributed by atoms with Gasteiger partial charge in [-0.1, -0.05) is 0 Å². The van der Waals surface area contributed by atoms with Crippen LogP contribution in [0.5, 0.6) is 0 Å². The smallest absolute Gasteiger partial charge is 0.243 e. The molecule has 1 saturated heterocycles. The first-order chi connectivity index (χ1) is 8.91. The van der Waals surface area contributed by atoms with Crippen molar-refractivity contribution in [3.63, 3.8) is 0 Å². The van der Waals surface area contributed by atoms with Crippen LogP contribution < -0.4 is 0 Å². The van der Waals surface area contributed by atoms with E-state index in [0.717, 1.165) is 12.8 Å². The number of nitrogens with zero attached hydrogens (tertiary/aromatic N) is 2. The number of halogens is 1. The fourth-order valence-corrected chi connectivity index (χ4v) is 3.82. The van der Waals surface area contributed by atoms with Crippen molar-refractivity contribution in [2.45, 2.75) is 23.8 Å². The average molecular weight is 286 g/mol. The largest absolute Gasteiger partial charge is 0.306 e. The van der Waals surface area contributed by atoms with Crippen LogP contribution in [0.15, 0.2) is 29.2 Å². The van der Waals surface area contributed by atoms with Gasteiger partial charge in [-0.05, 0) is 51.2 Å². The first-order valence-electron chi connectivity index (χ1n) is 6.33. The van der Waals surface area contributed by atoms with Gasteiger partial charge < -0.3 is 4.90 Å². The van der Waals surface area contributed by atoms with Crippen LogP contribution in [0.4, 0.5) is 4.39 Å². The Labute approximate surface area is 113 Å². The van der Waals surface area contributed by atoms with E-state index in [1.54, 1.807) is 0 Å². The molecule has 0 amide bonds. The van der Waals surface area contributed by atoms with Crippen molar-refractivity contribution in [3.8, 4) is 0 Å². The van der Waals surface area contributed by atoms with Crippen LogP contribution in [-0.2, 0) is 10.0 Å². The summed E-state index contributed by atoms with van der Waals surface area (Å²) in [4.78, 5) is 2.29. The number of piperidine rings is 1. The maximum absolute atomic E-state index is 12.8.